The molecule has 3 N–H and O–H groups in total. The lowest BCUT2D eigenvalue weighted by Crippen LogP contribution is -2.57. The second kappa shape index (κ2) is 7.38. The van der Waals surface area contributed by atoms with Crippen molar-refractivity contribution in [1.82, 2.24) is 19.9 Å². The first-order chi connectivity index (χ1) is 10.2. The van der Waals surface area contributed by atoms with Crippen LogP contribution in [0.4, 0.5) is 0 Å². The average Bonchev–Trinajstić information content (AvgIpc) is 2.97. The van der Waals surface area contributed by atoms with E-state index in [0.717, 1.165) is 38.3 Å². The number of nitrogens with zero attached hydrogens (tertiary/aromatic N) is 3. The molecule has 1 aromatic heterocycles. The highest BCUT2D eigenvalue weighted by Crippen LogP contribution is 2.35. The number of aromatic nitrogens is 2. The molecular weight excluding hydrogens is 262 g/mol. The van der Waals surface area contributed by atoms with Crippen molar-refractivity contribution in [3.05, 3.63) is 18.2 Å². The minimum absolute atomic E-state index is 0.00597. The summed E-state index contributed by atoms with van der Waals surface area (Å²) in [5.41, 5.74) is 3.07. The largest absolute Gasteiger partial charge is 0.334 e. The Bertz CT molecular complexity index is 424. The number of hydrogen-bond acceptors (Lipinski definition) is 4. The van der Waals surface area contributed by atoms with E-state index in [4.69, 9.17) is 5.84 Å². The van der Waals surface area contributed by atoms with Gasteiger partial charge in [-0.15, -0.1) is 0 Å². The van der Waals surface area contributed by atoms with Crippen LogP contribution < -0.4 is 11.3 Å². The first-order valence-electron chi connectivity index (χ1n) is 8.39. The molecule has 21 heavy (non-hydrogen) atoms. The van der Waals surface area contributed by atoms with Crippen molar-refractivity contribution < 1.29 is 0 Å². The molecule has 2 unspecified atom stereocenters. The van der Waals surface area contributed by atoms with Gasteiger partial charge in [0, 0.05) is 24.5 Å². The van der Waals surface area contributed by atoms with E-state index >= 15 is 0 Å². The van der Waals surface area contributed by atoms with Gasteiger partial charge in [0.1, 0.15) is 5.82 Å². The van der Waals surface area contributed by atoms with Gasteiger partial charge in [0.2, 0.25) is 0 Å². The van der Waals surface area contributed by atoms with Gasteiger partial charge in [-0.3, -0.25) is 10.7 Å². The number of nitrogens with one attached hydrogen (secondary N) is 1. The molecule has 1 aliphatic rings. The fraction of sp³-hybridized carbons (Fsp3) is 0.812. The summed E-state index contributed by atoms with van der Waals surface area (Å²) in [6.45, 7) is 10.1. The standard InChI is InChI=1S/C16H31N5/c1-4-10-20-13-9-18-15(20)14(19-17)16(3,5-2)21-11-7-6-8-12-21/h9,13-14,19H,4-8,10-12,17H2,1-3H3. The van der Waals surface area contributed by atoms with E-state index in [9.17, 15) is 0 Å². The van der Waals surface area contributed by atoms with Crippen LogP contribution >= 0.6 is 0 Å². The number of nitrogens with two attached hydrogens (primary N) is 1. The molecule has 5 heteroatoms. The second-order valence-corrected chi connectivity index (χ2v) is 6.34. The number of rotatable bonds is 7. The SMILES string of the molecule is CCCn1ccnc1C(NN)C(C)(CC)N1CCCCC1. The summed E-state index contributed by atoms with van der Waals surface area (Å²) in [6, 6.07) is 0.0575. The highest BCUT2D eigenvalue weighted by Gasteiger charge is 2.41. The van der Waals surface area contributed by atoms with Crippen LogP contribution in [0.15, 0.2) is 12.4 Å². The van der Waals surface area contributed by atoms with Crippen LogP contribution in [0.1, 0.15) is 64.7 Å². The third-order valence-electron chi connectivity index (χ3n) is 5.05. The zero-order chi connectivity index (χ0) is 15.3. The van der Waals surface area contributed by atoms with Crippen molar-refractivity contribution in [2.75, 3.05) is 13.1 Å². The van der Waals surface area contributed by atoms with Crippen molar-refractivity contribution in [2.45, 2.75) is 71.0 Å². The Hall–Kier alpha value is -0.910. The zero-order valence-corrected chi connectivity index (χ0v) is 13.8. The first kappa shape index (κ1) is 16.5. The third-order valence-corrected chi connectivity index (χ3v) is 5.05. The van der Waals surface area contributed by atoms with E-state index in [-0.39, 0.29) is 11.6 Å². The van der Waals surface area contributed by atoms with Gasteiger partial charge >= 0.3 is 0 Å². The normalized spacial score (nSPS) is 21.1. The summed E-state index contributed by atoms with van der Waals surface area (Å²) < 4.78 is 2.24. The molecule has 0 aliphatic carbocycles. The molecule has 2 rings (SSSR count). The van der Waals surface area contributed by atoms with Gasteiger partial charge in [-0.2, -0.15) is 0 Å². The molecule has 0 radical (unpaired) electrons. The fourth-order valence-corrected chi connectivity index (χ4v) is 3.56. The van der Waals surface area contributed by atoms with E-state index in [2.05, 4.69) is 46.8 Å². The molecule has 2 heterocycles. The molecular formula is C16H31N5. The molecule has 1 aliphatic heterocycles. The topological polar surface area (TPSA) is 59.1 Å². The van der Waals surface area contributed by atoms with E-state index in [1.165, 1.54) is 19.3 Å². The first-order valence-corrected chi connectivity index (χ1v) is 8.39. The van der Waals surface area contributed by atoms with Gasteiger partial charge < -0.3 is 4.57 Å². The molecule has 0 bridgehead atoms. The lowest BCUT2D eigenvalue weighted by atomic mass is 9.85. The molecule has 0 spiro atoms. The zero-order valence-electron chi connectivity index (χ0n) is 13.8. The maximum Gasteiger partial charge on any atom is 0.129 e. The maximum absolute atomic E-state index is 5.97. The number of piperidine rings is 1. The second-order valence-electron chi connectivity index (χ2n) is 6.34. The van der Waals surface area contributed by atoms with Crippen LogP contribution in [0.25, 0.3) is 0 Å². The molecule has 5 nitrogen and oxygen atoms in total. The number of imidazole rings is 1. The third kappa shape index (κ3) is 3.30. The maximum atomic E-state index is 5.97. The Morgan fingerprint density at radius 2 is 2.05 bits per heavy atom. The van der Waals surface area contributed by atoms with Crippen LogP contribution in [0.5, 0.6) is 0 Å². The fourth-order valence-electron chi connectivity index (χ4n) is 3.56. The summed E-state index contributed by atoms with van der Waals surface area (Å²) in [6.07, 6.45) is 10.0. The van der Waals surface area contributed by atoms with Crippen molar-refractivity contribution in [3.63, 3.8) is 0 Å². The van der Waals surface area contributed by atoms with Gasteiger partial charge in [-0.05, 0) is 45.7 Å². The number of aryl methyl sites for hydroxylation is 1. The number of likely N-dealkylation sites (tertiary alicyclic amines) is 1. The van der Waals surface area contributed by atoms with Crippen LogP contribution in [0.2, 0.25) is 0 Å². The summed E-state index contributed by atoms with van der Waals surface area (Å²) >= 11 is 0. The van der Waals surface area contributed by atoms with Gasteiger partial charge in [-0.1, -0.05) is 20.3 Å². The van der Waals surface area contributed by atoms with Crippen molar-refractivity contribution >= 4 is 0 Å². The highest BCUT2D eigenvalue weighted by atomic mass is 15.3. The Balaban J connectivity index is 2.29. The van der Waals surface area contributed by atoms with Crippen LogP contribution in [0, 0.1) is 0 Å². The van der Waals surface area contributed by atoms with E-state index in [0.29, 0.717) is 0 Å². The molecule has 1 fully saturated rings. The van der Waals surface area contributed by atoms with Gasteiger partial charge in [-0.25, -0.2) is 10.4 Å². The molecule has 120 valence electrons. The summed E-state index contributed by atoms with van der Waals surface area (Å²) in [5.74, 6) is 7.03. The molecule has 0 saturated carbocycles. The Kier molecular flexibility index (Phi) is 5.79. The summed E-state index contributed by atoms with van der Waals surface area (Å²) in [5, 5.41) is 0. The summed E-state index contributed by atoms with van der Waals surface area (Å²) in [4.78, 5) is 7.21. The van der Waals surface area contributed by atoms with E-state index in [1.807, 2.05) is 6.20 Å². The minimum atomic E-state index is 0.00597. The van der Waals surface area contributed by atoms with Gasteiger partial charge in [0.25, 0.3) is 0 Å². The van der Waals surface area contributed by atoms with Crippen molar-refractivity contribution in [1.29, 1.82) is 0 Å². The lowest BCUT2D eigenvalue weighted by molar-refractivity contribution is 0.0386. The van der Waals surface area contributed by atoms with E-state index < -0.39 is 0 Å². The molecule has 0 aromatic carbocycles. The van der Waals surface area contributed by atoms with Crippen LogP contribution in [-0.2, 0) is 6.54 Å². The van der Waals surface area contributed by atoms with E-state index in [1.54, 1.807) is 0 Å². The van der Waals surface area contributed by atoms with Gasteiger partial charge in [0.05, 0.1) is 6.04 Å². The predicted octanol–water partition coefficient (Wildman–Crippen LogP) is 2.45. The Morgan fingerprint density at radius 3 is 2.62 bits per heavy atom. The number of hydrogen-bond donors (Lipinski definition) is 2. The predicted molar refractivity (Wildman–Crippen MR) is 86.7 cm³/mol. The monoisotopic (exact) mass is 293 g/mol. The number of hydrazine groups is 1. The molecule has 1 aromatic rings. The van der Waals surface area contributed by atoms with Gasteiger partial charge in [0.15, 0.2) is 0 Å². The smallest absolute Gasteiger partial charge is 0.129 e. The Morgan fingerprint density at radius 1 is 1.33 bits per heavy atom. The molecule has 1 saturated heterocycles. The molecule has 2 atom stereocenters. The lowest BCUT2D eigenvalue weighted by Gasteiger charge is -2.47. The van der Waals surface area contributed by atoms with Crippen molar-refractivity contribution in [3.8, 4) is 0 Å². The molecule has 0 amide bonds. The minimum Gasteiger partial charge on any atom is -0.334 e. The van der Waals surface area contributed by atoms with Crippen LogP contribution in [-0.4, -0.2) is 33.1 Å². The Labute approximate surface area is 128 Å². The summed E-state index contributed by atoms with van der Waals surface area (Å²) in [7, 11) is 0. The average molecular weight is 293 g/mol. The quantitative estimate of drug-likeness (QED) is 0.599. The van der Waals surface area contributed by atoms with Crippen LogP contribution in [0.3, 0.4) is 0 Å². The highest BCUT2D eigenvalue weighted by molar-refractivity contribution is 5.09. The van der Waals surface area contributed by atoms with Crippen molar-refractivity contribution in [2.24, 2.45) is 5.84 Å².